The first-order chi connectivity index (χ1) is 14.6. The Balaban J connectivity index is 1.83. The fourth-order valence-corrected chi connectivity index (χ4v) is 6.87. The highest BCUT2D eigenvalue weighted by Gasteiger charge is 2.51. The van der Waals surface area contributed by atoms with Gasteiger partial charge in [-0.05, 0) is 38.5 Å². The second kappa shape index (κ2) is 9.50. The molecule has 0 N–H and O–H groups in total. The molecule has 2 aromatic rings. The van der Waals surface area contributed by atoms with Gasteiger partial charge in [0.2, 0.25) is 10.0 Å². The number of nitrogens with zero attached hydrogens (tertiary/aromatic N) is 2. The van der Waals surface area contributed by atoms with Crippen LogP contribution in [-0.2, 0) is 30.8 Å². The number of sulfonamides is 1. The average molecular weight is 463 g/mol. The van der Waals surface area contributed by atoms with Gasteiger partial charge in [0.25, 0.3) is 6.47 Å². The van der Waals surface area contributed by atoms with Crippen LogP contribution < -0.4 is 0 Å². The Morgan fingerprint density at radius 1 is 1.32 bits per heavy atom. The molecule has 1 aliphatic heterocycles. The topological polar surface area (TPSA) is 93.6 Å². The Kier molecular flexibility index (Phi) is 7.18. The Morgan fingerprint density at radius 3 is 2.65 bits per heavy atom. The minimum atomic E-state index is -3.90. The standard InChI is InChI=1S/C22H26N2O5S2/c1-16-6-8-17(9-7-16)11-18(29-15-25)12-20(26)21-22(2,3)30-14-24(21)31(27,28)19-5-4-10-23-13-19/h4-10,13,15,18,21H,11-12,14H2,1-3H3/t18-,21-/m1/s1. The maximum atomic E-state index is 13.3. The number of ketones is 1. The number of pyridine rings is 1. The van der Waals surface area contributed by atoms with Crippen molar-refractivity contribution in [2.24, 2.45) is 0 Å². The summed E-state index contributed by atoms with van der Waals surface area (Å²) < 4.78 is 32.2. The van der Waals surface area contributed by atoms with Crippen LogP contribution in [-0.4, -0.2) is 52.7 Å². The molecule has 1 aromatic heterocycles. The Morgan fingerprint density at radius 2 is 2.03 bits per heavy atom. The van der Waals surface area contributed by atoms with Crippen LogP contribution in [0.1, 0.15) is 31.4 Å². The molecule has 0 unspecified atom stereocenters. The zero-order chi connectivity index (χ0) is 22.6. The summed E-state index contributed by atoms with van der Waals surface area (Å²) in [4.78, 5) is 28.3. The van der Waals surface area contributed by atoms with Crippen LogP contribution in [0, 0.1) is 6.92 Å². The number of carbonyl (C=O) groups excluding carboxylic acids is 2. The maximum Gasteiger partial charge on any atom is 0.293 e. The third-order valence-corrected chi connectivity index (χ3v) is 8.65. The summed E-state index contributed by atoms with van der Waals surface area (Å²) in [6.45, 7) is 6.03. The van der Waals surface area contributed by atoms with Crippen LogP contribution in [0.4, 0.5) is 0 Å². The first-order valence-corrected chi connectivity index (χ1v) is 12.3. The predicted octanol–water partition coefficient (Wildman–Crippen LogP) is 2.98. The minimum absolute atomic E-state index is 0.0476. The summed E-state index contributed by atoms with van der Waals surface area (Å²) >= 11 is 1.41. The van der Waals surface area contributed by atoms with Crippen molar-refractivity contribution in [3.63, 3.8) is 0 Å². The number of hydrogen-bond acceptors (Lipinski definition) is 7. The zero-order valence-electron chi connectivity index (χ0n) is 17.7. The zero-order valence-corrected chi connectivity index (χ0v) is 19.4. The lowest BCUT2D eigenvalue weighted by atomic mass is 9.93. The van der Waals surface area contributed by atoms with Gasteiger partial charge in [0.15, 0.2) is 5.78 Å². The van der Waals surface area contributed by atoms with Crippen molar-refractivity contribution >= 4 is 34.0 Å². The highest BCUT2D eigenvalue weighted by atomic mass is 32.2. The van der Waals surface area contributed by atoms with Crippen molar-refractivity contribution in [1.82, 2.24) is 9.29 Å². The first-order valence-electron chi connectivity index (χ1n) is 9.88. The maximum absolute atomic E-state index is 13.3. The van der Waals surface area contributed by atoms with Crippen LogP contribution in [0.25, 0.3) is 0 Å². The molecule has 3 rings (SSSR count). The molecule has 1 fully saturated rings. The third-order valence-electron chi connectivity index (χ3n) is 5.32. The number of rotatable bonds is 9. The van der Waals surface area contributed by atoms with Gasteiger partial charge in [0.1, 0.15) is 11.0 Å². The fourth-order valence-electron chi connectivity index (χ4n) is 3.69. The SMILES string of the molecule is Cc1ccc(C[C@H](CC(=O)[C@H]2N(S(=O)(=O)c3cccnc3)CSC2(C)C)OC=O)cc1. The van der Waals surface area contributed by atoms with E-state index in [1.165, 1.54) is 34.5 Å². The lowest BCUT2D eigenvalue weighted by Gasteiger charge is -2.30. The molecule has 2 atom stereocenters. The second-order valence-electron chi connectivity index (χ2n) is 8.07. The van der Waals surface area contributed by atoms with Gasteiger partial charge in [-0.15, -0.1) is 11.8 Å². The van der Waals surface area contributed by atoms with Gasteiger partial charge in [0.05, 0.1) is 11.9 Å². The van der Waals surface area contributed by atoms with E-state index in [0.29, 0.717) is 12.9 Å². The van der Waals surface area contributed by atoms with Gasteiger partial charge in [-0.3, -0.25) is 14.6 Å². The second-order valence-corrected chi connectivity index (χ2v) is 11.6. The number of ether oxygens (including phenoxy) is 1. The summed E-state index contributed by atoms with van der Waals surface area (Å²) in [6.07, 6.45) is 2.41. The van der Waals surface area contributed by atoms with E-state index in [1.54, 1.807) is 6.07 Å². The molecule has 31 heavy (non-hydrogen) atoms. The van der Waals surface area contributed by atoms with Gasteiger partial charge >= 0.3 is 0 Å². The van der Waals surface area contributed by atoms with Crippen molar-refractivity contribution in [3.8, 4) is 0 Å². The monoisotopic (exact) mass is 462 g/mol. The van der Waals surface area contributed by atoms with E-state index in [2.05, 4.69) is 4.98 Å². The predicted molar refractivity (Wildman–Crippen MR) is 119 cm³/mol. The lowest BCUT2D eigenvalue weighted by molar-refractivity contribution is -0.136. The summed E-state index contributed by atoms with van der Waals surface area (Å²) in [5.41, 5.74) is 2.04. The quantitative estimate of drug-likeness (QED) is 0.529. The molecule has 2 heterocycles. The van der Waals surface area contributed by atoms with Gasteiger partial charge < -0.3 is 4.74 Å². The number of aryl methyl sites for hydroxylation is 1. The molecule has 0 spiro atoms. The van der Waals surface area contributed by atoms with Crippen molar-refractivity contribution in [2.75, 3.05) is 5.88 Å². The van der Waals surface area contributed by atoms with E-state index in [1.807, 2.05) is 45.0 Å². The van der Waals surface area contributed by atoms with Crippen LogP contribution in [0.3, 0.4) is 0 Å². The first kappa shape index (κ1) is 23.4. The smallest absolute Gasteiger partial charge is 0.293 e. The fraction of sp³-hybridized carbons (Fsp3) is 0.409. The third kappa shape index (κ3) is 5.34. The number of carbonyl (C=O) groups is 2. The highest BCUT2D eigenvalue weighted by Crippen LogP contribution is 2.43. The molecule has 1 aromatic carbocycles. The molecule has 166 valence electrons. The number of thioether (sulfide) groups is 1. The van der Waals surface area contributed by atoms with Gasteiger partial charge in [-0.2, -0.15) is 4.31 Å². The number of Topliss-reactive ketones (excluding diaryl/α,β-unsaturated/α-hetero) is 1. The molecule has 7 nitrogen and oxygen atoms in total. The molecule has 0 radical (unpaired) electrons. The van der Waals surface area contributed by atoms with Crippen LogP contribution in [0.15, 0.2) is 53.7 Å². The van der Waals surface area contributed by atoms with Gasteiger partial charge in [-0.25, -0.2) is 8.42 Å². The molecular weight excluding hydrogens is 436 g/mol. The molecule has 0 bridgehead atoms. The molecular formula is C22H26N2O5S2. The van der Waals surface area contributed by atoms with E-state index in [4.69, 9.17) is 4.74 Å². The Hall–Kier alpha value is -2.23. The van der Waals surface area contributed by atoms with Crippen molar-refractivity contribution in [1.29, 1.82) is 0 Å². The van der Waals surface area contributed by atoms with Crippen molar-refractivity contribution in [2.45, 2.75) is 55.4 Å². The normalized spacial score (nSPS) is 19.6. The number of benzene rings is 1. The van der Waals surface area contributed by atoms with Crippen LogP contribution in [0.5, 0.6) is 0 Å². The van der Waals surface area contributed by atoms with E-state index in [9.17, 15) is 18.0 Å². The van der Waals surface area contributed by atoms with E-state index >= 15 is 0 Å². The summed E-state index contributed by atoms with van der Waals surface area (Å²) in [5, 5.41) is 0. The van der Waals surface area contributed by atoms with Crippen LogP contribution >= 0.6 is 11.8 Å². The minimum Gasteiger partial charge on any atom is -0.464 e. The Bertz CT molecular complexity index is 1020. The van der Waals surface area contributed by atoms with Crippen LogP contribution in [0.2, 0.25) is 0 Å². The van der Waals surface area contributed by atoms with E-state index in [0.717, 1.165) is 11.1 Å². The molecule has 0 aliphatic carbocycles. The summed E-state index contributed by atoms with van der Waals surface area (Å²) in [7, 11) is -3.90. The summed E-state index contributed by atoms with van der Waals surface area (Å²) in [6, 6.07) is 9.90. The van der Waals surface area contributed by atoms with E-state index in [-0.39, 0.29) is 23.0 Å². The Labute approximate surface area is 187 Å². The van der Waals surface area contributed by atoms with Crippen molar-refractivity contribution < 1.29 is 22.7 Å². The van der Waals surface area contributed by atoms with Gasteiger partial charge in [-0.1, -0.05) is 29.8 Å². The molecule has 9 heteroatoms. The number of aromatic nitrogens is 1. The average Bonchev–Trinajstić information content (AvgIpc) is 3.06. The lowest BCUT2D eigenvalue weighted by Crippen LogP contribution is -2.49. The molecule has 1 aliphatic rings. The highest BCUT2D eigenvalue weighted by molar-refractivity contribution is 8.02. The van der Waals surface area contributed by atoms with Gasteiger partial charge in [0, 0.05) is 30.0 Å². The molecule has 0 saturated carbocycles. The number of hydrogen-bond donors (Lipinski definition) is 0. The van der Waals surface area contributed by atoms with E-state index < -0.39 is 26.9 Å². The molecule has 0 amide bonds. The largest absolute Gasteiger partial charge is 0.464 e. The summed E-state index contributed by atoms with van der Waals surface area (Å²) in [5.74, 6) is -0.112. The molecule has 1 saturated heterocycles. The van der Waals surface area contributed by atoms with Crippen molar-refractivity contribution in [3.05, 3.63) is 59.9 Å².